The summed E-state index contributed by atoms with van der Waals surface area (Å²) in [6, 6.07) is 6.04. The number of carbonyl (C=O) groups is 1. The van der Waals surface area contributed by atoms with Crippen LogP contribution in [-0.2, 0) is 4.79 Å². The third-order valence-corrected chi connectivity index (χ3v) is 3.84. The maximum Gasteiger partial charge on any atom is 0.240 e. The third kappa shape index (κ3) is 2.13. The van der Waals surface area contributed by atoms with Crippen molar-refractivity contribution in [2.75, 3.05) is 4.90 Å². The molecule has 3 unspecified atom stereocenters. The van der Waals surface area contributed by atoms with Crippen LogP contribution >= 0.6 is 28.3 Å². The van der Waals surface area contributed by atoms with Gasteiger partial charge >= 0.3 is 0 Å². The first kappa shape index (κ1) is 12.6. The first-order valence-corrected chi connectivity index (χ1v) is 6.16. The summed E-state index contributed by atoms with van der Waals surface area (Å²) >= 11 is 3.35. The van der Waals surface area contributed by atoms with Crippen molar-refractivity contribution in [1.29, 1.82) is 0 Å². The zero-order valence-electron chi connectivity index (χ0n) is 9.04. The highest BCUT2D eigenvalue weighted by atomic mass is 79.9. The van der Waals surface area contributed by atoms with Crippen molar-refractivity contribution < 1.29 is 4.79 Å². The summed E-state index contributed by atoms with van der Waals surface area (Å²) in [6.45, 7) is 0. The van der Waals surface area contributed by atoms with Crippen LogP contribution in [0.4, 0.5) is 5.82 Å². The Kier molecular flexibility index (Phi) is 3.32. The number of piperidine rings is 1. The molecule has 0 aromatic carbocycles. The maximum atomic E-state index is 11.4. The minimum Gasteiger partial charge on any atom is -0.368 e. The number of aromatic nitrogens is 1. The van der Waals surface area contributed by atoms with E-state index in [9.17, 15) is 4.79 Å². The van der Waals surface area contributed by atoms with E-state index in [1.54, 1.807) is 0 Å². The molecular weight excluding hydrogens is 305 g/mol. The van der Waals surface area contributed by atoms with Gasteiger partial charge in [-0.05, 0) is 46.8 Å². The molecule has 1 saturated heterocycles. The van der Waals surface area contributed by atoms with Gasteiger partial charge in [0.2, 0.25) is 5.91 Å². The Bertz CT molecular complexity index is 456. The average Bonchev–Trinajstić information content (AvgIpc) is 2.89. The number of amides is 1. The summed E-state index contributed by atoms with van der Waals surface area (Å²) in [5, 5.41) is 0. The molecular formula is C11H13BrClN3O. The molecule has 1 amide bonds. The molecule has 4 nitrogen and oxygen atoms in total. The lowest BCUT2D eigenvalue weighted by atomic mass is 10.1. The Balaban J connectivity index is 0.00000108. The molecule has 2 fully saturated rings. The lowest BCUT2D eigenvalue weighted by Gasteiger charge is -2.26. The quantitative estimate of drug-likeness (QED) is 0.845. The van der Waals surface area contributed by atoms with E-state index < -0.39 is 0 Å². The van der Waals surface area contributed by atoms with Crippen LogP contribution in [0.3, 0.4) is 0 Å². The molecule has 1 aliphatic carbocycles. The van der Waals surface area contributed by atoms with Crippen LogP contribution in [0.15, 0.2) is 22.8 Å². The van der Waals surface area contributed by atoms with E-state index in [2.05, 4.69) is 25.8 Å². The van der Waals surface area contributed by atoms with E-state index in [1.807, 2.05) is 18.2 Å². The normalized spacial score (nSPS) is 29.5. The number of anilines is 1. The van der Waals surface area contributed by atoms with Gasteiger partial charge in [0, 0.05) is 6.04 Å². The maximum absolute atomic E-state index is 11.4. The summed E-state index contributed by atoms with van der Waals surface area (Å²) in [7, 11) is 0. The number of rotatable bonds is 2. The fraction of sp³-hybridized carbons (Fsp3) is 0.455. The number of fused-ring (bicyclic) bond motifs is 1. The number of carbonyl (C=O) groups excluding carboxylic acids is 1. The Hall–Kier alpha value is -0.810. The van der Waals surface area contributed by atoms with Gasteiger partial charge in [-0.25, -0.2) is 4.98 Å². The first-order chi connectivity index (χ1) is 7.66. The highest BCUT2D eigenvalue weighted by molar-refractivity contribution is 9.10. The fourth-order valence-electron chi connectivity index (χ4n) is 2.58. The highest BCUT2D eigenvalue weighted by Crippen LogP contribution is 2.49. The van der Waals surface area contributed by atoms with Gasteiger partial charge in [0.05, 0.1) is 0 Å². The Morgan fingerprint density at radius 2 is 2.24 bits per heavy atom. The lowest BCUT2D eigenvalue weighted by Crippen LogP contribution is -2.43. The molecule has 1 saturated carbocycles. The minimum atomic E-state index is -0.242. The van der Waals surface area contributed by atoms with Gasteiger partial charge < -0.3 is 10.6 Å². The van der Waals surface area contributed by atoms with Crippen molar-refractivity contribution in [3.63, 3.8) is 0 Å². The summed E-state index contributed by atoms with van der Waals surface area (Å²) in [4.78, 5) is 17.9. The van der Waals surface area contributed by atoms with Gasteiger partial charge in [0.1, 0.15) is 16.5 Å². The van der Waals surface area contributed by atoms with Gasteiger partial charge in [-0.3, -0.25) is 4.79 Å². The molecule has 92 valence electrons. The highest BCUT2D eigenvalue weighted by Gasteiger charge is 2.54. The second-order valence-electron chi connectivity index (χ2n) is 4.44. The number of pyridine rings is 1. The molecule has 1 aliphatic heterocycles. The van der Waals surface area contributed by atoms with Crippen molar-refractivity contribution in [2.45, 2.75) is 24.9 Å². The van der Waals surface area contributed by atoms with Crippen LogP contribution < -0.4 is 10.6 Å². The second-order valence-corrected chi connectivity index (χ2v) is 5.26. The van der Waals surface area contributed by atoms with Crippen LogP contribution in [-0.4, -0.2) is 23.0 Å². The van der Waals surface area contributed by atoms with Crippen molar-refractivity contribution >= 4 is 40.1 Å². The van der Waals surface area contributed by atoms with Crippen LogP contribution in [0.5, 0.6) is 0 Å². The molecule has 2 heterocycles. The van der Waals surface area contributed by atoms with E-state index in [4.69, 9.17) is 5.73 Å². The van der Waals surface area contributed by atoms with Gasteiger partial charge in [-0.15, -0.1) is 12.4 Å². The number of nitrogens with two attached hydrogens (primary N) is 1. The predicted octanol–water partition coefficient (Wildman–Crippen LogP) is 1.72. The Morgan fingerprint density at radius 3 is 2.88 bits per heavy atom. The Morgan fingerprint density at radius 1 is 1.47 bits per heavy atom. The average molecular weight is 319 g/mol. The van der Waals surface area contributed by atoms with Gasteiger partial charge in [-0.1, -0.05) is 6.07 Å². The van der Waals surface area contributed by atoms with Gasteiger partial charge in [0.15, 0.2) is 0 Å². The number of hydrogen-bond donors (Lipinski definition) is 1. The van der Waals surface area contributed by atoms with Crippen molar-refractivity contribution in [2.24, 2.45) is 11.7 Å². The largest absolute Gasteiger partial charge is 0.368 e. The molecule has 3 rings (SSSR count). The zero-order valence-corrected chi connectivity index (χ0v) is 11.4. The topological polar surface area (TPSA) is 59.2 Å². The molecule has 17 heavy (non-hydrogen) atoms. The molecule has 6 heteroatoms. The van der Waals surface area contributed by atoms with Gasteiger partial charge in [-0.2, -0.15) is 0 Å². The van der Waals surface area contributed by atoms with E-state index in [0.29, 0.717) is 12.0 Å². The fourth-order valence-corrected chi connectivity index (χ4v) is 2.92. The summed E-state index contributed by atoms with van der Waals surface area (Å²) < 4.78 is 0.789. The minimum absolute atomic E-state index is 0. The summed E-state index contributed by atoms with van der Waals surface area (Å²) in [5.41, 5.74) is 5.43. The molecule has 3 atom stereocenters. The van der Waals surface area contributed by atoms with Gasteiger partial charge in [0.25, 0.3) is 0 Å². The van der Waals surface area contributed by atoms with Crippen LogP contribution in [0.1, 0.15) is 12.8 Å². The third-order valence-electron chi connectivity index (χ3n) is 3.40. The van der Waals surface area contributed by atoms with E-state index in [0.717, 1.165) is 23.3 Å². The number of hydrogen-bond acceptors (Lipinski definition) is 3. The van der Waals surface area contributed by atoms with Crippen LogP contribution in [0.2, 0.25) is 0 Å². The summed E-state index contributed by atoms with van der Waals surface area (Å²) in [5.74, 6) is 1.25. The van der Waals surface area contributed by atoms with E-state index in [-0.39, 0.29) is 24.4 Å². The zero-order chi connectivity index (χ0) is 11.3. The van der Waals surface area contributed by atoms with E-state index >= 15 is 0 Å². The lowest BCUT2D eigenvalue weighted by molar-refractivity contribution is -0.119. The first-order valence-electron chi connectivity index (χ1n) is 5.37. The van der Waals surface area contributed by atoms with Crippen LogP contribution in [0.25, 0.3) is 0 Å². The number of nitrogens with zero attached hydrogens (tertiary/aromatic N) is 2. The molecule has 0 spiro atoms. The molecule has 1 aromatic heterocycles. The monoisotopic (exact) mass is 317 g/mol. The smallest absolute Gasteiger partial charge is 0.240 e. The van der Waals surface area contributed by atoms with Crippen LogP contribution in [0, 0.1) is 5.92 Å². The summed E-state index contributed by atoms with van der Waals surface area (Å²) in [6.07, 6.45) is 2.05. The van der Waals surface area contributed by atoms with E-state index in [1.165, 1.54) is 0 Å². The number of primary amides is 1. The Labute approximate surface area is 114 Å². The molecule has 0 bridgehead atoms. The van der Waals surface area contributed by atoms with Crippen molar-refractivity contribution in [1.82, 2.24) is 4.98 Å². The standard InChI is InChI=1S/C11H12BrN3O.ClH/c12-9-2-1-3-10(14-9)15-7-4-6(7)5-8(15)11(13)16;/h1-3,6-8H,4-5H2,(H2,13,16);1H. The molecule has 1 aromatic rings. The molecule has 2 N–H and O–H groups in total. The van der Waals surface area contributed by atoms with Crippen molar-refractivity contribution in [3.8, 4) is 0 Å². The molecule has 2 aliphatic rings. The predicted molar refractivity (Wildman–Crippen MR) is 71.2 cm³/mol. The van der Waals surface area contributed by atoms with Crippen molar-refractivity contribution in [3.05, 3.63) is 22.8 Å². The SMILES string of the molecule is Cl.NC(=O)C1CC2CC2N1c1cccc(Br)n1. The second kappa shape index (κ2) is 4.46. The molecule has 0 radical (unpaired) electrons. The number of halogens is 2.